The Kier molecular flexibility index (Phi) is 6.01. The van der Waals surface area contributed by atoms with Crippen LogP contribution in [0.25, 0.3) is 0 Å². The van der Waals surface area contributed by atoms with Crippen LogP contribution in [0.1, 0.15) is 23.6 Å². The van der Waals surface area contributed by atoms with E-state index in [1.165, 1.54) is 16.7 Å². The number of nitrogens with one attached hydrogen (secondary N) is 2. The molecule has 0 heterocycles. The quantitative estimate of drug-likeness (QED) is 0.711. The molecule has 17 heavy (non-hydrogen) atoms. The van der Waals surface area contributed by atoms with Crippen molar-refractivity contribution in [2.24, 2.45) is 0 Å². The van der Waals surface area contributed by atoms with Crippen molar-refractivity contribution in [1.82, 2.24) is 10.6 Å². The van der Waals surface area contributed by atoms with Gasteiger partial charge in [0.05, 0.1) is 7.11 Å². The lowest BCUT2D eigenvalue weighted by molar-refractivity contribution is 0.407. The summed E-state index contributed by atoms with van der Waals surface area (Å²) in [7, 11) is 1.73. The van der Waals surface area contributed by atoms with E-state index in [4.69, 9.17) is 4.74 Å². The van der Waals surface area contributed by atoms with Crippen LogP contribution in [0.3, 0.4) is 0 Å². The molecule has 0 saturated carbocycles. The fourth-order valence-electron chi connectivity index (χ4n) is 1.75. The fraction of sp³-hybridized carbons (Fsp3) is 0.571. The number of ether oxygens (including phenoxy) is 1. The summed E-state index contributed by atoms with van der Waals surface area (Å²) in [6.45, 7) is 10.2. The summed E-state index contributed by atoms with van der Waals surface area (Å²) < 4.78 is 5.40. The van der Waals surface area contributed by atoms with Gasteiger partial charge in [-0.15, -0.1) is 0 Å². The van der Waals surface area contributed by atoms with Gasteiger partial charge in [-0.25, -0.2) is 0 Å². The van der Waals surface area contributed by atoms with E-state index in [1.54, 1.807) is 7.11 Å². The van der Waals surface area contributed by atoms with E-state index in [9.17, 15) is 0 Å². The summed E-state index contributed by atoms with van der Waals surface area (Å²) in [6.07, 6.45) is 0. The van der Waals surface area contributed by atoms with Gasteiger partial charge in [0.15, 0.2) is 0 Å². The lowest BCUT2D eigenvalue weighted by Crippen LogP contribution is -2.26. The monoisotopic (exact) mass is 236 g/mol. The average Bonchev–Trinajstić information content (AvgIpc) is 2.33. The maximum Gasteiger partial charge on any atom is 0.123 e. The van der Waals surface area contributed by atoms with Crippen molar-refractivity contribution in [2.45, 2.75) is 27.3 Å². The first kappa shape index (κ1) is 14.0. The third kappa shape index (κ3) is 4.36. The van der Waals surface area contributed by atoms with Crippen LogP contribution < -0.4 is 15.4 Å². The van der Waals surface area contributed by atoms with Crippen molar-refractivity contribution in [1.29, 1.82) is 0 Å². The van der Waals surface area contributed by atoms with Gasteiger partial charge in [0.25, 0.3) is 0 Å². The Labute approximate surface area is 105 Å². The zero-order chi connectivity index (χ0) is 12.7. The Balaban J connectivity index is 2.54. The van der Waals surface area contributed by atoms with Gasteiger partial charge in [-0.1, -0.05) is 13.0 Å². The molecule has 0 bridgehead atoms. The van der Waals surface area contributed by atoms with Crippen molar-refractivity contribution in [3.8, 4) is 5.75 Å². The van der Waals surface area contributed by atoms with E-state index >= 15 is 0 Å². The van der Waals surface area contributed by atoms with E-state index in [0.717, 1.165) is 31.9 Å². The van der Waals surface area contributed by atoms with Crippen molar-refractivity contribution >= 4 is 0 Å². The maximum absolute atomic E-state index is 5.40. The van der Waals surface area contributed by atoms with Gasteiger partial charge in [-0.2, -0.15) is 0 Å². The highest BCUT2D eigenvalue weighted by Crippen LogP contribution is 2.22. The molecule has 0 aliphatic rings. The molecule has 3 nitrogen and oxygen atoms in total. The normalized spacial score (nSPS) is 10.6. The lowest BCUT2D eigenvalue weighted by atomic mass is 10.0. The van der Waals surface area contributed by atoms with Crippen molar-refractivity contribution in [3.63, 3.8) is 0 Å². The molecule has 3 heteroatoms. The van der Waals surface area contributed by atoms with Gasteiger partial charge in [0.2, 0.25) is 0 Å². The van der Waals surface area contributed by atoms with Crippen LogP contribution >= 0.6 is 0 Å². The standard InChI is InChI=1S/C14H24N2O/c1-5-15-6-7-16-10-13-8-11(2)12(3)9-14(13)17-4/h8-9,15-16H,5-7,10H2,1-4H3. The molecule has 0 aromatic heterocycles. The Hall–Kier alpha value is -1.06. The van der Waals surface area contributed by atoms with Crippen LogP contribution in [0, 0.1) is 13.8 Å². The second kappa shape index (κ2) is 7.30. The Morgan fingerprint density at radius 1 is 1.06 bits per heavy atom. The zero-order valence-corrected chi connectivity index (χ0v) is 11.4. The molecule has 96 valence electrons. The van der Waals surface area contributed by atoms with Crippen LogP contribution in [0.5, 0.6) is 5.75 Å². The molecule has 2 N–H and O–H groups in total. The minimum atomic E-state index is 0.857. The Morgan fingerprint density at radius 2 is 1.71 bits per heavy atom. The second-order valence-electron chi connectivity index (χ2n) is 4.28. The summed E-state index contributed by atoms with van der Waals surface area (Å²) in [5.41, 5.74) is 3.82. The SMILES string of the molecule is CCNCCNCc1cc(C)c(C)cc1OC. The molecule has 0 aliphatic carbocycles. The average molecular weight is 236 g/mol. The van der Waals surface area contributed by atoms with E-state index in [0.29, 0.717) is 0 Å². The van der Waals surface area contributed by atoms with Gasteiger partial charge in [-0.3, -0.25) is 0 Å². The molecular formula is C14H24N2O. The number of benzene rings is 1. The molecule has 0 spiro atoms. The molecule has 1 aromatic rings. The van der Waals surface area contributed by atoms with Crippen LogP contribution in [0.4, 0.5) is 0 Å². The van der Waals surface area contributed by atoms with E-state index in [2.05, 4.69) is 43.5 Å². The maximum atomic E-state index is 5.40. The van der Waals surface area contributed by atoms with E-state index in [-0.39, 0.29) is 0 Å². The molecule has 0 saturated heterocycles. The van der Waals surface area contributed by atoms with Crippen LogP contribution in [0.2, 0.25) is 0 Å². The minimum absolute atomic E-state index is 0.857. The van der Waals surface area contributed by atoms with Crippen molar-refractivity contribution < 1.29 is 4.74 Å². The second-order valence-corrected chi connectivity index (χ2v) is 4.28. The van der Waals surface area contributed by atoms with E-state index in [1.807, 2.05) is 0 Å². The molecule has 1 aromatic carbocycles. The highest BCUT2D eigenvalue weighted by Gasteiger charge is 2.05. The van der Waals surface area contributed by atoms with Gasteiger partial charge in [-0.05, 0) is 37.6 Å². The third-order valence-corrected chi connectivity index (χ3v) is 2.94. The van der Waals surface area contributed by atoms with Crippen molar-refractivity contribution in [3.05, 3.63) is 28.8 Å². The molecule has 0 amide bonds. The van der Waals surface area contributed by atoms with Gasteiger partial charge in [0, 0.05) is 25.2 Å². The topological polar surface area (TPSA) is 33.3 Å². The number of likely N-dealkylation sites (N-methyl/N-ethyl adjacent to an activating group) is 1. The molecule has 1 rings (SSSR count). The largest absolute Gasteiger partial charge is 0.496 e. The van der Waals surface area contributed by atoms with Crippen molar-refractivity contribution in [2.75, 3.05) is 26.7 Å². The number of hydrogen-bond donors (Lipinski definition) is 2. The fourth-order valence-corrected chi connectivity index (χ4v) is 1.75. The molecule has 0 atom stereocenters. The smallest absolute Gasteiger partial charge is 0.123 e. The number of aryl methyl sites for hydroxylation is 2. The zero-order valence-electron chi connectivity index (χ0n) is 11.4. The van der Waals surface area contributed by atoms with Crippen LogP contribution in [-0.4, -0.2) is 26.7 Å². The molecule has 0 aliphatic heterocycles. The molecule has 0 unspecified atom stereocenters. The van der Waals surface area contributed by atoms with Crippen LogP contribution in [0.15, 0.2) is 12.1 Å². The summed E-state index contributed by atoms with van der Waals surface area (Å²) in [5.74, 6) is 0.976. The highest BCUT2D eigenvalue weighted by molar-refractivity contribution is 5.41. The summed E-state index contributed by atoms with van der Waals surface area (Å²) in [4.78, 5) is 0. The first-order valence-corrected chi connectivity index (χ1v) is 6.24. The first-order valence-electron chi connectivity index (χ1n) is 6.24. The number of methoxy groups -OCH3 is 1. The Bertz CT molecular complexity index is 350. The van der Waals surface area contributed by atoms with Gasteiger partial charge in [0.1, 0.15) is 5.75 Å². The summed E-state index contributed by atoms with van der Waals surface area (Å²) in [6, 6.07) is 4.31. The predicted octanol–water partition coefficient (Wildman–Crippen LogP) is 2.01. The Morgan fingerprint density at radius 3 is 2.35 bits per heavy atom. The molecular weight excluding hydrogens is 212 g/mol. The molecule has 0 radical (unpaired) electrons. The molecule has 0 fully saturated rings. The highest BCUT2D eigenvalue weighted by atomic mass is 16.5. The number of hydrogen-bond acceptors (Lipinski definition) is 3. The lowest BCUT2D eigenvalue weighted by Gasteiger charge is -2.12. The summed E-state index contributed by atoms with van der Waals surface area (Å²) >= 11 is 0. The predicted molar refractivity (Wildman–Crippen MR) is 72.7 cm³/mol. The van der Waals surface area contributed by atoms with Crippen LogP contribution in [-0.2, 0) is 6.54 Å². The third-order valence-electron chi connectivity index (χ3n) is 2.94. The van der Waals surface area contributed by atoms with Gasteiger partial charge < -0.3 is 15.4 Å². The first-order chi connectivity index (χ1) is 8.19. The van der Waals surface area contributed by atoms with E-state index < -0.39 is 0 Å². The number of rotatable bonds is 7. The summed E-state index contributed by atoms with van der Waals surface area (Å²) in [5, 5.41) is 6.71. The minimum Gasteiger partial charge on any atom is -0.496 e. The van der Waals surface area contributed by atoms with Gasteiger partial charge >= 0.3 is 0 Å².